The van der Waals surface area contributed by atoms with Gasteiger partial charge >= 0.3 is 6.18 Å². The second-order valence-electron chi connectivity index (χ2n) is 5.64. The predicted octanol–water partition coefficient (Wildman–Crippen LogP) is 1.99. The van der Waals surface area contributed by atoms with Crippen LogP contribution in [0.3, 0.4) is 0 Å². The minimum atomic E-state index is -4.44. The molecule has 1 saturated heterocycles. The number of halogens is 3. The Morgan fingerprint density at radius 1 is 1.25 bits per heavy atom. The molecule has 0 aromatic carbocycles. The summed E-state index contributed by atoms with van der Waals surface area (Å²) in [6.07, 6.45) is 1.11. The van der Waals surface area contributed by atoms with Crippen LogP contribution in [0, 0.1) is 0 Å². The van der Waals surface area contributed by atoms with Gasteiger partial charge in [0.1, 0.15) is 5.69 Å². The monoisotopic (exact) mass is 341 g/mol. The average molecular weight is 341 g/mol. The number of nitrogens with one attached hydrogen (secondary N) is 1. The first-order chi connectivity index (χ1) is 11.5. The molecule has 0 spiro atoms. The number of hydrogen-bond donors (Lipinski definition) is 1. The zero-order valence-corrected chi connectivity index (χ0v) is 13.0. The van der Waals surface area contributed by atoms with E-state index >= 15 is 0 Å². The molecule has 1 aliphatic rings. The van der Waals surface area contributed by atoms with Crippen molar-refractivity contribution >= 4 is 0 Å². The van der Waals surface area contributed by atoms with E-state index in [1.807, 2.05) is 0 Å². The number of hydrogen-bond acceptors (Lipinski definition) is 5. The normalized spacial score (nSPS) is 16.5. The summed E-state index contributed by atoms with van der Waals surface area (Å²) < 4.78 is 44.3. The molecule has 0 amide bonds. The third-order valence-corrected chi connectivity index (χ3v) is 3.88. The second-order valence-corrected chi connectivity index (χ2v) is 5.64. The molecular weight excluding hydrogens is 323 g/mol. The van der Waals surface area contributed by atoms with E-state index in [0.29, 0.717) is 18.2 Å². The highest BCUT2D eigenvalue weighted by Gasteiger charge is 2.32. The SMILES string of the molecule is FC(F)(F)c1ccc(-n2cc(CCNC3CCOCC3)nn2)cn1. The van der Waals surface area contributed by atoms with Crippen LogP contribution < -0.4 is 5.32 Å². The third kappa shape index (κ3) is 4.30. The zero-order chi connectivity index (χ0) is 17.0. The van der Waals surface area contributed by atoms with Crippen molar-refractivity contribution in [1.82, 2.24) is 25.3 Å². The summed E-state index contributed by atoms with van der Waals surface area (Å²) in [5.74, 6) is 0. The Hall–Kier alpha value is -2.00. The molecule has 9 heteroatoms. The van der Waals surface area contributed by atoms with Gasteiger partial charge in [0.05, 0.1) is 23.8 Å². The van der Waals surface area contributed by atoms with Gasteiger partial charge in [0, 0.05) is 32.2 Å². The van der Waals surface area contributed by atoms with Crippen LogP contribution in [0.25, 0.3) is 5.69 Å². The Kier molecular flexibility index (Phi) is 5.10. The predicted molar refractivity (Wildman–Crippen MR) is 79.7 cm³/mol. The van der Waals surface area contributed by atoms with Gasteiger partial charge in [0.25, 0.3) is 0 Å². The summed E-state index contributed by atoms with van der Waals surface area (Å²) in [6.45, 7) is 2.35. The van der Waals surface area contributed by atoms with Gasteiger partial charge in [-0.15, -0.1) is 5.10 Å². The Balaban J connectivity index is 1.55. The molecular formula is C15H18F3N5O. The topological polar surface area (TPSA) is 64.9 Å². The van der Waals surface area contributed by atoms with Crippen molar-refractivity contribution in [3.05, 3.63) is 35.9 Å². The van der Waals surface area contributed by atoms with E-state index in [0.717, 1.165) is 50.6 Å². The van der Waals surface area contributed by atoms with E-state index in [-0.39, 0.29) is 0 Å². The lowest BCUT2D eigenvalue weighted by Gasteiger charge is -2.22. The first-order valence-corrected chi connectivity index (χ1v) is 7.78. The summed E-state index contributed by atoms with van der Waals surface area (Å²) >= 11 is 0. The van der Waals surface area contributed by atoms with E-state index in [9.17, 15) is 13.2 Å². The summed E-state index contributed by atoms with van der Waals surface area (Å²) in [5.41, 5.74) is 0.292. The molecule has 0 radical (unpaired) electrons. The number of ether oxygens (including phenoxy) is 1. The van der Waals surface area contributed by atoms with Crippen molar-refractivity contribution in [1.29, 1.82) is 0 Å². The van der Waals surface area contributed by atoms with E-state index < -0.39 is 11.9 Å². The van der Waals surface area contributed by atoms with Gasteiger partial charge < -0.3 is 10.1 Å². The van der Waals surface area contributed by atoms with E-state index in [1.165, 1.54) is 10.7 Å². The smallest absolute Gasteiger partial charge is 0.381 e. The van der Waals surface area contributed by atoms with Gasteiger partial charge in [-0.1, -0.05) is 5.21 Å². The minimum absolute atomic E-state index is 0.444. The lowest BCUT2D eigenvalue weighted by Crippen LogP contribution is -2.35. The standard InChI is InChI=1S/C15H18F3N5O/c16-15(17,18)14-2-1-13(9-20-14)23-10-12(21-22-23)3-6-19-11-4-7-24-8-5-11/h1-2,9-11,19H,3-8H2. The molecule has 3 rings (SSSR count). The molecule has 6 nitrogen and oxygen atoms in total. The van der Waals surface area contributed by atoms with Gasteiger partial charge in [-0.2, -0.15) is 13.2 Å². The van der Waals surface area contributed by atoms with Crippen molar-refractivity contribution < 1.29 is 17.9 Å². The summed E-state index contributed by atoms with van der Waals surface area (Å²) in [4.78, 5) is 3.42. The number of rotatable bonds is 5. The fourth-order valence-corrected chi connectivity index (χ4v) is 2.53. The number of pyridine rings is 1. The highest BCUT2D eigenvalue weighted by Crippen LogP contribution is 2.27. The maximum Gasteiger partial charge on any atom is 0.433 e. The largest absolute Gasteiger partial charge is 0.433 e. The van der Waals surface area contributed by atoms with Crippen LogP contribution in [0.4, 0.5) is 13.2 Å². The highest BCUT2D eigenvalue weighted by atomic mass is 19.4. The van der Waals surface area contributed by atoms with Crippen LogP contribution >= 0.6 is 0 Å². The second kappa shape index (κ2) is 7.27. The Bertz CT molecular complexity index is 650. The van der Waals surface area contributed by atoms with Gasteiger partial charge in [0.15, 0.2) is 0 Å². The molecule has 130 valence electrons. The lowest BCUT2D eigenvalue weighted by molar-refractivity contribution is -0.141. The quantitative estimate of drug-likeness (QED) is 0.901. The lowest BCUT2D eigenvalue weighted by atomic mass is 10.1. The summed E-state index contributed by atoms with van der Waals surface area (Å²) in [6, 6.07) is 2.73. The number of nitrogens with zero attached hydrogens (tertiary/aromatic N) is 4. The van der Waals surface area contributed by atoms with Crippen LogP contribution in [0.1, 0.15) is 24.2 Å². The molecule has 0 saturated carbocycles. The van der Waals surface area contributed by atoms with Gasteiger partial charge in [-0.3, -0.25) is 0 Å². The van der Waals surface area contributed by atoms with E-state index in [1.54, 1.807) is 6.20 Å². The molecule has 2 aromatic rings. The van der Waals surface area contributed by atoms with E-state index in [2.05, 4.69) is 20.6 Å². The maximum atomic E-state index is 12.5. The van der Waals surface area contributed by atoms with Crippen LogP contribution in [-0.4, -0.2) is 45.8 Å². The summed E-state index contributed by atoms with van der Waals surface area (Å²) in [7, 11) is 0. The van der Waals surface area contributed by atoms with Crippen LogP contribution in [0.2, 0.25) is 0 Å². The Morgan fingerprint density at radius 2 is 2.04 bits per heavy atom. The van der Waals surface area contributed by atoms with Crippen molar-refractivity contribution in [2.45, 2.75) is 31.5 Å². The molecule has 24 heavy (non-hydrogen) atoms. The first kappa shape index (κ1) is 16.8. The van der Waals surface area contributed by atoms with Gasteiger partial charge in [-0.05, 0) is 25.0 Å². The number of aromatic nitrogens is 4. The van der Waals surface area contributed by atoms with Crippen LogP contribution in [0.15, 0.2) is 24.5 Å². The molecule has 1 fully saturated rings. The van der Waals surface area contributed by atoms with E-state index in [4.69, 9.17) is 4.74 Å². The maximum absolute atomic E-state index is 12.5. The molecule has 0 bridgehead atoms. The molecule has 0 unspecified atom stereocenters. The number of alkyl halides is 3. The van der Waals surface area contributed by atoms with Crippen molar-refractivity contribution in [2.24, 2.45) is 0 Å². The average Bonchev–Trinajstić information content (AvgIpc) is 3.04. The first-order valence-electron chi connectivity index (χ1n) is 7.78. The van der Waals surface area contributed by atoms with Crippen LogP contribution in [0.5, 0.6) is 0 Å². The van der Waals surface area contributed by atoms with Crippen molar-refractivity contribution in [3.63, 3.8) is 0 Å². The zero-order valence-electron chi connectivity index (χ0n) is 13.0. The molecule has 0 atom stereocenters. The van der Waals surface area contributed by atoms with Gasteiger partial charge in [-0.25, -0.2) is 9.67 Å². The molecule has 2 aromatic heterocycles. The Morgan fingerprint density at radius 3 is 2.71 bits per heavy atom. The van der Waals surface area contributed by atoms with Gasteiger partial charge in [0.2, 0.25) is 0 Å². The highest BCUT2D eigenvalue weighted by molar-refractivity contribution is 5.29. The summed E-state index contributed by atoms with van der Waals surface area (Å²) in [5, 5.41) is 11.4. The molecule has 1 N–H and O–H groups in total. The molecule has 1 aliphatic heterocycles. The third-order valence-electron chi connectivity index (χ3n) is 3.88. The Labute approximate surface area is 137 Å². The minimum Gasteiger partial charge on any atom is -0.381 e. The molecule has 3 heterocycles. The fourth-order valence-electron chi connectivity index (χ4n) is 2.53. The van der Waals surface area contributed by atoms with Crippen molar-refractivity contribution in [2.75, 3.05) is 19.8 Å². The molecule has 0 aliphatic carbocycles. The van der Waals surface area contributed by atoms with Crippen LogP contribution in [-0.2, 0) is 17.3 Å². The van der Waals surface area contributed by atoms with Crippen molar-refractivity contribution in [3.8, 4) is 5.69 Å². The fraction of sp³-hybridized carbons (Fsp3) is 0.533.